The van der Waals surface area contributed by atoms with Crippen molar-refractivity contribution in [3.63, 3.8) is 0 Å². The van der Waals surface area contributed by atoms with E-state index in [-0.39, 0.29) is 0 Å². The van der Waals surface area contributed by atoms with E-state index >= 15 is 0 Å². The van der Waals surface area contributed by atoms with Crippen LogP contribution in [-0.2, 0) is 0 Å². The maximum Gasteiger partial charge on any atom is 0.209 e. The van der Waals surface area contributed by atoms with Crippen LogP contribution in [0.2, 0.25) is 0 Å². The van der Waals surface area contributed by atoms with E-state index in [9.17, 15) is 0 Å². The van der Waals surface area contributed by atoms with Crippen LogP contribution >= 0.6 is 27.5 Å². The molecule has 0 aliphatic carbocycles. The number of nitrogens with zero attached hydrogens (tertiary/aromatic N) is 3. The standard InChI is InChI=1S/C26H16BrN3OS/c27-26-28-25(32-29-26)18-14-12-17(13-15-18)19-6-5-7-20(16-19)30-21-8-1-3-10-23(21)31-24-11-4-2-9-22(24)30/h1-16H. The van der Waals surface area contributed by atoms with Gasteiger partial charge in [-0.3, -0.25) is 0 Å². The van der Waals surface area contributed by atoms with Crippen LogP contribution < -0.4 is 9.64 Å². The highest BCUT2D eigenvalue weighted by molar-refractivity contribution is 9.10. The summed E-state index contributed by atoms with van der Waals surface area (Å²) in [5.74, 6) is 1.70. The summed E-state index contributed by atoms with van der Waals surface area (Å²) in [5.41, 5.74) is 6.50. The number of halogens is 1. The molecular formula is C26H16BrN3OS. The van der Waals surface area contributed by atoms with E-state index in [1.165, 1.54) is 11.5 Å². The van der Waals surface area contributed by atoms with Crippen LogP contribution in [0, 0.1) is 0 Å². The maximum absolute atomic E-state index is 6.15. The Morgan fingerprint density at radius 2 is 1.34 bits per heavy atom. The van der Waals surface area contributed by atoms with Gasteiger partial charge in [0.1, 0.15) is 5.01 Å². The molecule has 154 valence electrons. The molecule has 0 saturated carbocycles. The third kappa shape index (κ3) is 3.38. The summed E-state index contributed by atoms with van der Waals surface area (Å²) < 4.78 is 11.0. The summed E-state index contributed by atoms with van der Waals surface area (Å²) in [5, 5.41) is 0.902. The first-order chi connectivity index (χ1) is 15.8. The number of benzene rings is 4. The number of fused-ring (bicyclic) bond motifs is 2. The van der Waals surface area contributed by atoms with Gasteiger partial charge >= 0.3 is 0 Å². The van der Waals surface area contributed by atoms with Crippen LogP contribution in [0.4, 0.5) is 17.1 Å². The molecule has 1 aliphatic rings. The Labute approximate surface area is 198 Å². The van der Waals surface area contributed by atoms with Crippen molar-refractivity contribution in [3.8, 4) is 33.2 Å². The summed E-state index contributed by atoms with van der Waals surface area (Å²) in [4.78, 5) is 6.66. The van der Waals surface area contributed by atoms with Gasteiger partial charge in [-0.1, -0.05) is 60.7 Å². The lowest BCUT2D eigenvalue weighted by molar-refractivity contribution is 0.477. The number of para-hydroxylation sites is 4. The van der Waals surface area contributed by atoms with E-state index in [0.717, 1.165) is 50.3 Å². The van der Waals surface area contributed by atoms with Crippen LogP contribution in [0.5, 0.6) is 11.5 Å². The fourth-order valence-electron chi connectivity index (χ4n) is 3.94. The van der Waals surface area contributed by atoms with Crippen molar-refractivity contribution >= 4 is 44.5 Å². The zero-order valence-corrected chi connectivity index (χ0v) is 19.2. The molecule has 0 amide bonds. The monoisotopic (exact) mass is 497 g/mol. The predicted octanol–water partition coefficient (Wildman–Crippen LogP) is 8.21. The second-order valence-corrected chi connectivity index (χ2v) is 8.83. The van der Waals surface area contributed by atoms with Crippen molar-refractivity contribution in [2.45, 2.75) is 0 Å². The minimum absolute atomic E-state index is 0.625. The molecule has 0 bridgehead atoms. The summed E-state index contributed by atoms with van der Waals surface area (Å²) in [7, 11) is 0. The molecule has 1 aliphatic heterocycles. The second-order valence-electron chi connectivity index (χ2n) is 7.37. The molecule has 0 unspecified atom stereocenters. The van der Waals surface area contributed by atoms with Crippen LogP contribution in [0.1, 0.15) is 0 Å². The first-order valence-electron chi connectivity index (χ1n) is 10.1. The van der Waals surface area contributed by atoms with E-state index in [2.05, 4.69) is 90.9 Å². The lowest BCUT2D eigenvalue weighted by Crippen LogP contribution is -2.15. The summed E-state index contributed by atoms with van der Waals surface area (Å²) in [6.07, 6.45) is 0. The fourth-order valence-corrected chi connectivity index (χ4v) is 5.02. The van der Waals surface area contributed by atoms with Gasteiger partial charge < -0.3 is 9.64 Å². The van der Waals surface area contributed by atoms with Crippen LogP contribution in [-0.4, -0.2) is 9.36 Å². The van der Waals surface area contributed by atoms with Crippen molar-refractivity contribution in [1.29, 1.82) is 0 Å². The Kier molecular flexibility index (Phi) is 4.74. The Hall–Kier alpha value is -3.48. The molecule has 2 heterocycles. The van der Waals surface area contributed by atoms with Gasteiger partial charge in [-0.15, -0.1) is 0 Å². The number of rotatable bonds is 3. The average Bonchev–Trinajstić information content (AvgIpc) is 3.29. The van der Waals surface area contributed by atoms with Crippen molar-refractivity contribution in [1.82, 2.24) is 9.36 Å². The number of hydrogen-bond donors (Lipinski definition) is 0. The molecule has 6 heteroatoms. The molecule has 5 aromatic rings. The highest BCUT2D eigenvalue weighted by atomic mass is 79.9. The minimum atomic E-state index is 0.625. The van der Waals surface area contributed by atoms with Gasteiger partial charge in [-0.25, -0.2) is 4.98 Å². The topological polar surface area (TPSA) is 38.2 Å². The molecule has 0 N–H and O–H groups in total. The van der Waals surface area contributed by atoms with Gasteiger partial charge in [0.15, 0.2) is 11.5 Å². The average molecular weight is 498 g/mol. The van der Waals surface area contributed by atoms with E-state index in [4.69, 9.17) is 4.74 Å². The highest BCUT2D eigenvalue weighted by Gasteiger charge is 2.25. The smallest absolute Gasteiger partial charge is 0.209 e. The normalized spacial score (nSPS) is 12.1. The van der Waals surface area contributed by atoms with Gasteiger partial charge in [0.2, 0.25) is 4.73 Å². The SMILES string of the molecule is Brc1nsc(-c2ccc(-c3cccc(N4c5ccccc5Oc5ccccc54)c3)cc2)n1. The van der Waals surface area contributed by atoms with E-state index in [0.29, 0.717) is 4.73 Å². The van der Waals surface area contributed by atoms with Gasteiger partial charge in [0, 0.05) is 11.3 Å². The molecule has 4 nitrogen and oxygen atoms in total. The third-order valence-electron chi connectivity index (χ3n) is 5.40. The van der Waals surface area contributed by atoms with Crippen molar-refractivity contribution in [2.24, 2.45) is 0 Å². The van der Waals surface area contributed by atoms with Crippen molar-refractivity contribution in [2.75, 3.05) is 4.90 Å². The minimum Gasteiger partial charge on any atom is -0.453 e. The molecule has 0 radical (unpaired) electrons. The van der Waals surface area contributed by atoms with E-state index in [1.54, 1.807) is 0 Å². The largest absolute Gasteiger partial charge is 0.453 e. The number of anilines is 3. The summed E-state index contributed by atoms with van der Waals surface area (Å²) >= 11 is 4.71. The maximum atomic E-state index is 6.15. The van der Waals surface area contributed by atoms with Crippen molar-refractivity contribution in [3.05, 3.63) is 102 Å². The molecular weight excluding hydrogens is 482 g/mol. The van der Waals surface area contributed by atoms with Gasteiger partial charge in [-0.05, 0) is 75.0 Å². The molecule has 0 saturated heterocycles. The molecule has 0 spiro atoms. The van der Waals surface area contributed by atoms with Gasteiger partial charge in [0.25, 0.3) is 0 Å². The molecule has 32 heavy (non-hydrogen) atoms. The molecule has 0 atom stereocenters. The Balaban J connectivity index is 1.41. The highest BCUT2D eigenvalue weighted by Crippen LogP contribution is 2.50. The molecule has 0 fully saturated rings. The van der Waals surface area contributed by atoms with E-state index < -0.39 is 0 Å². The fraction of sp³-hybridized carbons (Fsp3) is 0. The number of aromatic nitrogens is 2. The first kappa shape index (κ1) is 19.2. The van der Waals surface area contributed by atoms with Crippen molar-refractivity contribution < 1.29 is 4.74 Å². The Morgan fingerprint density at radius 3 is 2.00 bits per heavy atom. The summed E-state index contributed by atoms with van der Waals surface area (Å²) in [6, 6.07) is 33.3. The lowest BCUT2D eigenvalue weighted by atomic mass is 10.0. The second kappa shape index (κ2) is 7.89. The molecule has 6 rings (SSSR count). The van der Waals surface area contributed by atoms with E-state index in [1.807, 2.05) is 36.4 Å². The summed E-state index contributed by atoms with van der Waals surface area (Å²) in [6.45, 7) is 0. The zero-order valence-electron chi connectivity index (χ0n) is 16.8. The Bertz CT molecular complexity index is 1390. The van der Waals surface area contributed by atoms with Gasteiger partial charge in [0.05, 0.1) is 11.4 Å². The van der Waals surface area contributed by atoms with Crippen LogP contribution in [0.3, 0.4) is 0 Å². The predicted molar refractivity (Wildman–Crippen MR) is 133 cm³/mol. The zero-order chi connectivity index (χ0) is 21.5. The number of ether oxygens (including phenoxy) is 1. The van der Waals surface area contributed by atoms with Crippen LogP contribution in [0.25, 0.3) is 21.7 Å². The first-order valence-corrected chi connectivity index (χ1v) is 11.7. The molecule has 4 aromatic carbocycles. The lowest BCUT2D eigenvalue weighted by Gasteiger charge is -2.33. The quantitative estimate of drug-likeness (QED) is 0.247. The Morgan fingerprint density at radius 1 is 0.688 bits per heavy atom. The molecule has 1 aromatic heterocycles. The van der Waals surface area contributed by atoms with Gasteiger partial charge in [-0.2, -0.15) is 4.37 Å². The third-order valence-corrected chi connectivity index (χ3v) is 6.76. The van der Waals surface area contributed by atoms with Crippen LogP contribution in [0.15, 0.2) is 102 Å². The number of hydrogen-bond acceptors (Lipinski definition) is 5.